The smallest absolute Gasteiger partial charge is 0.340 e. The zero-order valence-electron chi connectivity index (χ0n) is 9.75. The molecule has 0 saturated heterocycles. The number of aliphatic hydroxyl groups excluding tert-OH is 1. The Morgan fingerprint density at radius 1 is 1.61 bits per heavy atom. The number of rotatable bonds is 7. The van der Waals surface area contributed by atoms with Crippen LogP contribution < -0.4 is 4.72 Å². The fourth-order valence-electron chi connectivity index (χ4n) is 1.41. The van der Waals surface area contributed by atoms with Gasteiger partial charge >= 0.3 is 5.97 Å². The number of aromatic carboxylic acids is 1. The number of nitrogens with zero attached hydrogens (tertiary/aromatic N) is 1. The Labute approximate surface area is 104 Å². The van der Waals surface area contributed by atoms with E-state index in [9.17, 15) is 13.2 Å². The highest BCUT2D eigenvalue weighted by Crippen LogP contribution is 2.13. The Kier molecular flexibility index (Phi) is 4.82. The number of carboxylic acids is 1. The minimum atomic E-state index is -3.99. The van der Waals surface area contributed by atoms with Gasteiger partial charge in [-0.3, -0.25) is 5.10 Å². The molecule has 1 atom stereocenters. The topological polar surface area (TPSA) is 132 Å². The van der Waals surface area contributed by atoms with E-state index in [0.29, 0.717) is 6.42 Å². The van der Waals surface area contributed by atoms with Crippen LogP contribution in [0.15, 0.2) is 11.2 Å². The van der Waals surface area contributed by atoms with E-state index < -0.39 is 32.6 Å². The minimum Gasteiger partial charge on any atom is -0.478 e. The highest BCUT2D eigenvalue weighted by molar-refractivity contribution is 7.89. The molecule has 0 aliphatic carbocycles. The standard InChI is InChI=1S/C9H15N3O5S/c1-2-6(3-4-13)12-18(16,17)8-7(9(14)15)5-10-11-8/h5-6,12-13H,2-4H2,1H3,(H,10,11)(H,14,15). The van der Waals surface area contributed by atoms with Gasteiger partial charge in [-0.2, -0.15) is 5.10 Å². The second kappa shape index (κ2) is 5.94. The molecule has 4 N–H and O–H groups in total. The van der Waals surface area contributed by atoms with Crippen molar-refractivity contribution in [2.75, 3.05) is 6.61 Å². The summed E-state index contributed by atoms with van der Waals surface area (Å²) in [7, 11) is -3.99. The van der Waals surface area contributed by atoms with Crippen LogP contribution in [0.5, 0.6) is 0 Å². The molecule has 0 fully saturated rings. The number of aliphatic hydroxyl groups is 1. The zero-order chi connectivity index (χ0) is 13.8. The molecule has 9 heteroatoms. The molecule has 0 aliphatic rings. The lowest BCUT2D eigenvalue weighted by atomic mass is 10.2. The van der Waals surface area contributed by atoms with Crippen molar-refractivity contribution >= 4 is 16.0 Å². The number of aromatic amines is 1. The van der Waals surface area contributed by atoms with E-state index in [1.165, 1.54) is 0 Å². The van der Waals surface area contributed by atoms with E-state index in [4.69, 9.17) is 10.2 Å². The van der Waals surface area contributed by atoms with E-state index in [1.54, 1.807) is 6.92 Å². The molecular formula is C9H15N3O5S. The first-order chi connectivity index (χ1) is 8.42. The summed E-state index contributed by atoms with van der Waals surface area (Å²) < 4.78 is 26.2. The number of H-pyrrole nitrogens is 1. The highest BCUT2D eigenvalue weighted by atomic mass is 32.2. The van der Waals surface area contributed by atoms with Crippen LogP contribution in [-0.2, 0) is 10.0 Å². The number of sulfonamides is 1. The average molecular weight is 277 g/mol. The molecule has 18 heavy (non-hydrogen) atoms. The Morgan fingerprint density at radius 3 is 2.78 bits per heavy atom. The predicted molar refractivity (Wildman–Crippen MR) is 61.7 cm³/mol. The first kappa shape index (κ1) is 14.6. The third kappa shape index (κ3) is 3.28. The van der Waals surface area contributed by atoms with Crippen LogP contribution in [0, 0.1) is 0 Å². The van der Waals surface area contributed by atoms with Crippen molar-refractivity contribution in [1.29, 1.82) is 0 Å². The van der Waals surface area contributed by atoms with E-state index >= 15 is 0 Å². The highest BCUT2D eigenvalue weighted by Gasteiger charge is 2.26. The van der Waals surface area contributed by atoms with Crippen LogP contribution in [0.3, 0.4) is 0 Å². The van der Waals surface area contributed by atoms with Gasteiger partial charge in [0.1, 0.15) is 5.56 Å². The van der Waals surface area contributed by atoms with E-state index in [2.05, 4.69) is 14.9 Å². The summed E-state index contributed by atoms with van der Waals surface area (Å²) in [4.78, 5) is 10.8. The first-order valence-corrected chi connectivity index (χ1v) is 6.80. The second-order valence-corrected chi connectivity index (χ2v) is 5.31. The maximum Gasteiger partial charge on any atom is 0.340 e. The van der Waals surface area contributed by atoms with Gasteiger partial charge in [0, 0.05) is 12.6 Å². The van der Waals surface area contributed by atoms with Gasteiger partial charge in [0.2, 0.25) is 0 Å². The molecule has 102 valence electrons. The monoisotopic (exact) mass is 277 g/mol. The van der Waals surface area contributed by atoms with Gasteiger partial charge in [-0.05, 0) is 12.8 Å². The molecule has 1 heterocycles. The van der Waals surface area contributed by atoms with Gasteiger partial charge in [0.05, 0.1) is 6.20 Å². The Morgan fingerprint density at radius 2 is 2.28 bits per heavy atom. The van der Waals surface area contributed by atoms with E-state index in [0.717, 1.165) is 6.20 Å². The summed E-state index contributed by atoms with van der Waals surface area (Å²) in [6, 6.07) is -0.454. The lowest BCUT2D eigenvalue weighted by Gasteiger charge is -2.15. The molecule has 0 aromatic carbocycles. The van der Waals surface area contributed by atoms with Crippen molar-refractivity contribution in [2.24, 2.45) is 0 Å². The van der Waals surface area contributed by atoms with Crippen molar-refractivity contribution in [1.82, 2.24) is 14.9 Å². The summed E-state index contributed by atoms with van der Waals surface area (Å²) in [5.74, 6) is -1.38. The molecule has 0 aliphatic heterocycles. The molecule has 0 saturated carbocycles. The molecule has 0 radical (unpaired) electrons. The van der Waals surface area contributed by atoms with E-state index in [1.807, 2.05) is 0 Å². The molecular weight excluding hydrogens is 262 g/mol. The SMILES string of the molecule is CCC(CCO)NS(=O)(=O)c1[nH]ncc1C(=O)O. The molecule has 0 amide bonds. The Hall–Kier alpha value is -1.45. The zero-order valence-corrected chi connectivity index (χ0v) is 10.6. The van der Waals surface area contributed by atoms with Crippen molar-refractivity contribution in [3.05, 3.63) is 11.8 Å². The number of carboxylic acid groups (broad SMARTS) is 1. The summed E-state index contributed by atoms with van der Waals surface area (Å²) >= 11 is 0. The molecule has 1 aromatic heterocycles. The summed E-state index contributed by atoms with van der Waals surface area (Å²) in [6.45, 7) is 1.60. The fraction of sp³-hybridized carbons (Fsp3) is 0.556. The molecule has 8 nitrogen and oxygen atoms in total. The summed E-state index contributed by atoms with van der Waals surface area (Å²) in [5, 5.41) is 22.7. The number of hydrogen-bond acceptors (Lipinski definition) is 5. The van der Waals surface area contributed by atoms with Crippen LogP contribution in [-0.4, -0.2) is 47.4 Å². The first-order valence-electron chi connectivity index (χ1n) is 5.32. The third-order valence-corrected chi connectivity index (χ3v) is 3.89. The largest absolute Gasteiger partial charge is 0.478 e. The van der Waals surface area contributed by atoms with Crippen LogP contribution in [0.25, 0.3) is 0 Å². The number of hydrogen-bond donors (Lipinski definition) is 4. The summed E-state index contributed by atoms with van der Waals surface area (Å²) in [5.41, 5.74) is -0.415. The number of nitrogens with one attached hydrogen (secondary N) is 2. The second-order valence-electron chi connectivity index (χ2n) is 3.66. The van der Waals surface area contributed by atoms with Crippen LogP contribution in [0.4, 0.5) is 0 Å². The lowest BCUT2D eigenvalue weighted by molar-refractivity contribution is 0.0692. The van der Waals surface area contributed by atoms with Crippen molar-refractivity contribution in [3.8, 4) is 0 Å². The normalized spacial score (nSPS) is 13.4. The van der Waals surface area contributed by atoms with Crippen LogP contribution >= 0.6 is 0 Å². The van der Waals surface area contributed by atoms with Crippen molar-refractivity contribution in [2.45, 2.75) is 30.8 Å². The van der Waals surface area contributed by atoms with Gasteiger partial charge in [-0.15, -0.1) is 0 Å². The molecule has 1 aromatic rings. The van der Waals surface area contributed by atoms with Crippen LogP contribution in [0.2, 0.25) is 0 Å². The van der Waals surface area contributed by atoms with Gasteiger partial charge in [-0.25, -0.2) is 17.9 Å². The van der Waals surface area contributed by atoms with Gasteiger partial charge < -0.3 is 10.2 Å². The molecule has 1 rings (SSSR count). The Bertz CT molecular complexity index is 510. The quantitative estimate of drug-likeness (QED) is 0.533. The predicted octanol–water partition coefficient (Wildman–Crippen LogP) is -0.453. The van der Waals surface area contributed by atoms with Gasteiger partial charge in [0.25, 0.3) is 10.0 Å². The molecule has 0 bridgehead atoms. The van der Waals surface area contributed by atoms with Crippen LogP contribution in [0.1, 0.15) is 30.1 Å². The van der Waals surface area contributed by atoms with Crippen molar-refractivity contribution in [3.63, 3.8) is 0 Å². The number of aromatic nitrogens is 2. The lowest BCUT2D eigenvalue weighted by Crippen LogP contribution is -2.35. The maximum absolute atomic E-state index is 11.9. The van der Waals surface area contributed by atoms with E-state index in [-0.39, 0.29) is 13.0 Å². The average Bonchev–Trinajstić information content (AvgIpc) is 2.77. The Balaban J connectivity index is 2.99. The maximum atomic E-state index is 11.9. The molecule has 1 unspecified atom stereocenters. The molecule has 0 spiro atoms. The third-order valence-electron chi connectivity index (χ3n) is 2.40. The van der Waals surface area contributed by atoms with Gasteiger partial charge in [0.15, 0.2) is 5.03 Å². The number of carbonyl (C=O) groups is 1. The van der Waals surface area contributed by atoms with Gasteiger partial charge in [-0.1, -0.05) is 6.92 Å². The fourth-order valence-corrected chi connectivity index (χ4v) is 2.86. The summed E-state index contributed by atoms with van der Waals surface area (Å²) in [6.07, 6.45) is 1.67. The minimum absolute atomic E-state index is 0.157. The van der Waals surface area contributed by atoms with Crippen molar-refractivity contribution < 1.29 is 23.4 Å².